The number of rotatable bonds is 6. The molecule has 0 unspecified atom stereocenters. The van der Waals surface area contributed by atoms with Gasteiger partial charge in [0.2, 0.25) is 0 Å². The van der Waals surface area contributed by atoms with Gasteiger partial charge in [-0.25, -0.2) is 0 Å². The Hall–Kier alpha value is -1.55. The minimum absolute atomic E-state index is 0. The van der Waals surface area contributed by atoms with Crippen molar-refractivity contribution in [2.24, 2.45) is 0 Å². The number of aryl methyl sites for hydroxylation is 2. The van der Waals surface area contributed by atoms with Gasteiger partial charge in [0, 0.05) is 30.2 Å². The lowest BCUT2D eigenvalue weighted by Crippen LogP contribution is -2.08. The first-order valence-electron chi connectivity index (χ1n) is 7.93. The number of fused-ring (bicyclic) bond motifs is 3. The molecule has 0 aromatic carbocycles. The van der Waals surface area contributed by atoms with E-state index < -0.39 is 5.97 Å². The Labute approximate surface area is 137 Å². The summed E-state index contributed by atoms with van der Waals surface area (Å²) in [5.41, 5.74) is 4.26. The van der Waals surface area contributed by atoms with E-state index in [-0.39, 0.29) is 18.8 Å². The predicted molar refractivity (Wildman–Crippen MR) is 89.7 cm³/mol. The summed E-state index contributed by atoms with van der Waals surface area (Å²) in [7, 11) is 0. The Morgan fingerprint density at radius 1 is 1.23 bits per heavy atom. The molecule has 0 aliphatic heterocycles. The number of halogens is 1. The first-order chi connectivity index (χ1) is 10.3. The third kappa shape index (κ3) is 3.43. The number of hydrogen-bond donors (Lipinski definition) is 1. The number of carbonyl (C=O) groups is 1. The van der Waals surface area contributed by atoms with Crippen LogP contribution < -0.4 is 0 Å². The maximum Gasteiger partial charge on any atom is 0.303 e. The molecule has 22 heavy (non-hydrogen) atoms. The Balaban J connectivity index is 0.00000176. The first kappa shape index (κ1) is 16.8. The van der Waals surface area contributed by atoms with Crippen molar-refractivity contribution in [3.8, 4) is 0 Å². The fourth-order valence-corrected chi connectivity index (χ4v) is 3.46. The largest absolute Gasteiger partial charge is 0.481 e. The molecule has 0 saturated carbocycles. The van der Waals surface area contributed by atoms with E-state index >= 15 is 0 Å². The number of aromatic nitrogens is 2. The lowest BCUT2D eigenvalue weighted by Gasteiger charge is -2.15. The van der Waals surface area contributed by atoms with Crippen molar-refractivity contribution in [2.45, 2.75) is 57.9 Å². The van der Waals surface area contributed by atoms with Gasteiger partial charge < -0.3 is 9.67 Å². The molecule has 3 rings (SSSR count). The van der Waals surface area contributed by atoms with Crippen LogP contribution in [0.25, 0.3) is 10.9 Å². The first-order valence-corrected chi connectivity index (χ1v) is 7.93. The highest BCUT2D eigenvalue weighted by molar-refractivity contribution is 5.85. The minimum Gasteiger partial charge on any atom is -0.481 e. The Bertz CT molecular complexity index is 651. The van der Waals surface area contributed by atoms with Crippen LogP contribution in [0.1, 0.15) is 49.8 Å². The maximum absolute atomic E-state index is 10.5. The molecule has 1 aliphatic rings. The van der Waals surface area contributed by atoms with Gasteiger partial charge in [-0.05, 0) is 50.2 Å². The lowest BCUT2D eigenvalue weighted by atomic mass is 9.96. The van der Waals surface area contributed by atoms with Gasteiger partial charge in [-0.15, -0.1) is 12.4 Å². The molecule has 0 fully saturated rings. The molecule has 1 aliphatic carbocycles. The molecular formula is C17H23ClN2O2. The molecule has 5 heteroatoms. The molecule has 4 nitrogen and oxygen atoms in total. The molecular weight excluding hydrogens is 300 g/mol. The average molecular weight is 323 g/mol. The quantitative estimate of drug-likeness (QED) is 0.818. The standard InChI is InChI=1S/C17H22N2O2.ClH/c20-17(21)8-2-1-5-11-19-15-7-4-3-6-13(15)14-9-10-18-12-16(14)19;/h9-10,12H,1-8,11H2,(H,20,21);1H. The molecule has 0 spiro atoms. The zero-order chi connectivity index (χ0) is 14.7. The van der Waals surface area contributed by atoms with Gasteiger partial charge in [0.15, 0.2) is 0 Å². The maximum atomic E-state index is 10.5. The van der Waals surface area contributed by atoms with Gasteiger partial charge in [-0.1, -0.05) is 6.42 Å². The van der Waals surface area contributed by atoms with Crippen molar-refractivity contribution >= 4 is 29.3 Å². The van der Waals surface area contributed by atoms with E-state index in [1.807, 2.05) is 12.4 Å². The van der Waals surface area contributed by atoms with Crippen molar-refractivity contribution in [3.63, 3.8) is 0 Å². The van der Waals surface area contributed by atoms with Crippen LogP contribution in [0.3, 0.4) is 0 Å². The summed E-state index contributed by atoms with van der Waals surface area (Å²) < 4.78 is 2.43. The average Bonchev–Trinajstić information content (AvgIpc) is 2.81. The van der Waals surface area contributed by atoms with Crippen molar-refractivity contribution in [2.75, 3.05) is 0 Å². The molecule has 0 bridgehead atoms. The smallest absolute Gasteiger partial charge is 0.303 e. The number of carboxylic acid groups (broad SMARTS) is 1. The second-order valence-electron chi connectivity index (χ2n) is 5.88. The Kier molecular flexibility index (Phi) is 5.83. The fourth-order valence-electron chi connectivity index (χ4n) is 3.46. The van der Waals surface area contributed by atoms with Crippen LogP contribution in [-0.4, -0.2) is 20.6 Å². The van der Waals surface area contributed by atoms with Crippen molar-refractivity contribution in [3.05, 3.63) is 29.7 Å². The zero-order valence-corrected chi connectivity index (χ0v) is 13.6. The lowest BCUT2D eigenvalue weighted by molar-refractivity contribution is -0.137. The van der Waals surface area contributed by atoms with Crippen LogP contribution in [0.15, 0.2) is 18.5 Å². The normalized spacial score (nSPS) is 13.6. The number of pyridine rings is 1. The van der Waals surface area contributed by atoms with E-state index in [2.05, 4.69) is 15.6 Å². The minimum atomic E-state index is -0.692. The van der Waals surface area contributed by atoms with E-state index in [0.29, 0.717) is 0 Å². The van der Waals surface area contributed by atoms with Crippen molar-refractivity contribution in [1.29, 1.82) is 0 Å². The number of hydrogen-bond acceptors (Lipinski definition) is 2. The monoisotopic (exact) mass is 322 g/mol. The van der Waals surface area contributed by atoms with Gasteiger partial charge in [-0.3, -0.25) is 9.78 Å². The Morgan fingerprint density at radius 3 is 2.86 bits per heavy atom. The number of carboxylic acids is 1. The van der Waals surface area contributed by atoms with E-state index in [4.69, 9.17) is 5.11 Å². The predicted octanol–water partition coefficient (Wildman–Crippen LogP) is 3.98. The molecule has 0 saturated heterocycles. The molecule has 2 heterocycles. The highest BCUT2D eigenvalue weighted by Crippen LogP contribution is 2.31. The van der Waals surface area contributed by atoms with Gasteiger partial charge in [-0.2, -0.15) is 0 Å². The molecule has 2 aromatic heterocycles. The van der Waals surface area contributed by atoms with Crippen LogP contribution in [0.4, 0.5) is 0 Å². The summed E-state index contributed by atoms with van der Waals surface area (Å²) in [6.45, 7) is 0.983. The molecule has 0 amide bonds. The van der Waals surface area contributed by atoms with E-state index in [1.54, 1.807) is 0 Å². The Morgan fingerprint density at radius 2 is 2.05 bits per heavy atom. The molecule has 2 aromatic rings. The van der Waals surface area contributed by atoms with Gasteiger partial charge >= 0.3 is 5.97 Å². The zero-order valence-electron chi connectivity index (χ0n) is 12.8. The van der Waals surface area contributed by atoms with E-state index in [9.17, 15) is 4.79 Å². The van der Waals surface area contributed by atoms with Crippen LogP contribution in [0.2, 0.25) is 0 Å². The molecule has 0 atom stereocenters. The summed E-state index contributed by atoms with van der Waals surface area (Å²) in [5.74, 6) is -0.692. The van der Waals surface area contributed by atoms with E-state index in [0.717, 1.165) is 25.8 Å². The third-order valence-corrected chi connectivity index (χ3v) is 4.45. The summed E-state index contributed by atoms with van der Waals surface area (Å²) in [4.78, 5) is 14.8. The van der Waals surface area contributed by atoms with Gasteiger partial charge in [0.25, 0.3) is 0 Å². The highest BCUT2D eigenvalue weighted by Gasteiger charge is 2.19. The summed E-state index contributed by atoms with van der Waals surface area (Å²) in [5, 5.41) is 10.0. The number of aliphatic carboxylic acids is 1. The molecule has 1 N–H and O–H groups in total. The highest BCUT2D eigenvalue weighted by atomic mass is 35.5. The van der Waals surface area contributed by atoms with Crippen LogP contribution >= 0.6 is 12.4 Å². The number of nitrogens with zero attached hydrogens (tertiary/aromatic N) is 2. The van der Waals surface area contributed by atoms with Gasteiger partial charge in [0.1, 0.15) is 0 Å². The second-order valence-corrected chi connectivity index (χ2v) is 5.88. The van der Waals surface area contributed by atoms with E-state index in [1.165, 1.54) is 47.8 Å². The van der Waals surface area contributed by atoms with Crippen molar-refractivity contribution in [1.82, 2.24) is 9.55 Å². The fraction of sp³-hybridized carbons (Fsp3) is 0.529. The summed E-state index contributed by atoms with van der Waals surface area (Å²) >= 11 is 0. The third-order valence-electron chi connectivity index (χ3n) is 4.45. The van der Waals surface area contributed by atoms with Gasteiger partial charge in [0.05, 0.1) is 11.7 Å². The summed E-state index contributed by atoms with van der Waals surface area (Å²) in [6.07, 6.45) is 11.8. The van der Waals surface area contributed by atoms with Crippen LogP contribution in [0, 0.1) is 0 Å². The SMILES string of the molecule is Cl.O=C(O)CCCCCn1c2c(c3ccncc31)CCCC2. The topological polar surface area (TPSA) is 55.1 Å². The van der Waals surface area contributed by atoms with Crippen LogP contribution in [-0.2, 0) is 24.2 Å². The second kappa shape index (κ2) is 7.63. The summed E-state index contributed by atoms with van der Waals surface area (Å²) in [6, 6.07) is 2.14. The van der Waals surface area contributed by atoms with Crippen LogP contribution in [0.5, 0.6) is 0 Å². The number of unbranched alkanes of at least 4 members (excludes halogenated alkanes) is 2. The molecule has 120 valence electrons. The van der Waals surface area contributed by atoms with Crippen molar-refractivity contribution < 1.29 is 9.90 Å². The molecule has 0 radical (unpaired) electrons.